The smallest absolute Gasteiger partial charge is 0.337 e. The van der Waals surface area contributed by atoms with E-state index < -0.39 is 23.0 Å². The molecule has 0 saturated carbocycles. The highest BCUT2D eigenvalue weighted by Crippen LogP contribution is 2.40. The molecule has 0 aliphatic rings. The summed E-state index contributed by atoms with van der Waals surface area (Å²) >= 11 is 12.6. The SMILES string of the molecule is COC(=O)c1cccc(C(Cc2ccc(Cl)cc2Cl)(C(=O)OC(C)(C)C)c2ccc[nH]2)c1. The van der Waals surface area contributed by atoms with Crippen LogP contribution in [0.4, 0.5) is 0 Å². The van der Waals surface area contributed by atoms with Gasteiger partial charge in [0.1, 0.15) is 11.0 Å². The van der Waals surface area contributed by atoms with Crippen LogP contribution >= 0.6 is 23.2 Å². The Labute approximate surface area is 197 Å². The van der Waals surface area contributed by atoms with Crippen LogP contribution in [0.1, 0.15) is 48.0 Å². The van der Waals surface area contributed by atoms with Crippen molar-refractivity contribution in [1.29, 1.82) is 0 Å². The molecule has 168 valence electrons. The molecule has 1 atom stereocenters. The van der Waals surface area contributed by atoms with Crippen LogP contribution in [-0.2, 0) is 26.1 Å². The lowest BCUT2D eigenvalue weighted by molar-refractivity contribution is -0.160. The number of methoxy groups -OCH3 is 1. The van der Waals surface area contributed by atoms with E-state index in [2.05, 4.69) is 4.98 Å². The molecule has 1 N–H and O–H groups in total. The van der Waals surface area contributed by atoms with Crippen LogP contribution < -0.4 is 0 Å². The van der Waals surface area contributed by atoms with E-state index in [4.69, 9.17) is 32.7 Å². The standard InChI is InChI=1S/C25H25Cl2NO4/c1-24(2,3)32-23(30)25(21-9-6-12-28-21,15-17-10-11-19(26)14-20(17)27)18-8-5-7-16(13-18)22(29)31-4/h5-14,28H,15H2,1-4H3. The predicted molar refractivity (Wildman–Crippen MR) is 125 cm³/mol. The van der Waals surface area contributed by atoms with Crippen LogP contribution in [-0.4, -0.2) is 29.6 Å². The maximum absolute atomic E-state index is 13.9. The van der Waals surface area contributed by atoms with Crippen molar-refractivity contribution in [2.75, 3.05) is 7.11 Å². The Balaban J connectivity index is 2.29. The molecule has 2 aromatic carbocycles. The molecule has 0 fully saturated rings. The summed E-state index contributed by atoms with van der Waals surface area (Å²) in [6.45, 7) is 5.43. The van der Waals surface area contributed by atoms with E-state index in [0.29, 0.717) is 32.4 Å². The van der Waals surface area contributed by atoms with Crippen molar-refractivity contribution in [2.24, 2.45) is 0 Å². The highest BCUT2D eigenvalue weighted by molar-refractivity contribution is 6.35. The Bertz CT molecular complexity index is 1120. The Morgan fingerprint density at radius 2 is 1.75 bits per heavy atom. The molecule has 1 aromatic heterocycles. The number of aromatic amines is 1. The first-order valence-corrected chi connectivity index (χ1v) is 10.8. The molecule has 5 nitrogen and oxygen atoms in total. The van der Waals surface area contributed by atoms with Gasteiger partial charge in [0.15, 0.2) is 0 Å². The van der Waals surface area contributed by atoms with Crippen molar-refractivity contribution in [3.05, 3.63) is 93.2 Å². The summed E-state index contributed by atoms with van der Waals surface area (Å²) in [5, 5.41) is 0.926. The molecule has 0 aliphatic heterocycles. The minimum absolute atomic E-state index is 0.184. The first kappa shape index (κ1) is 23.9. The fourth-order valence-corrected chi connectivity index (χ4v) is 4.07. The van der Waals surface area contributed by atoms with Gasteiger partial charge in [-0.2, -0.15) is 0 Å². The first-order valence-electron chi connectivity index (χ1n) is 10.1. The largest absolute Gasteiger partial charge is 0.465 e. The number of rotatable bonds is 6. The minimum atomic E-state index is -1.31. The number of ether oxygens (including phenoxy) is 2. The van der Waals surface area contributed by atoms with E-state index in [-0.39, 0.29) is 6.42 Å². The number of nitrogens with one attached hydrogen (secondary N) is 1. The van der Waals surface area contributed by atoms with Crippen LogP contribution in [0.2, 0.25) is 10.0 Å². The molecule has 0 spiro atoms. The van der Waals surface area contributed by atoms with Crippen molar-refractivity contribution in [3.8, 4) is 0 Å². The van der Waals surface area contributed by atoms with E-state index in [1.165, 1.54) is 7.11 Å². The number of aromatic nitrogens is 1. The van der Waals surface area contributed by atoms with Crippen LogP contribution in [0.25, 0.3) is 0 Å². The zero-order valence-corrected chi connectivity index (χ0v) is 19.9. The van der Waals surface area contributed by atoms with E-state index in [0.717, 1.165) is 0 Å². The van der Waals surface area contributed by atoms with Crippen LogP contribution in [0.5, 0.6) is 0 Å². The molecule has 3 rings (SSSR count). The molecule has 1 unspecified atom stereocenters. The molecule has 0 bridgehead atoms. The topological polar surface area (TPSA) is 68.4 Å². The van der Waals surface area contributed by atoms with Crippen molar-refractivity contribution in [2.45, 2.75) is 38.2 Å². The second-order valence-electron chi connectivity index (χ2n) is 8.48. The predicted octanol–water partition coefficient (Wildman–Crippen LogP) is 5.98. The molecule has 0 aliphatic carbocycles. The van der Waals surface area contributed by atoms with Crippen molar-refractivity contribution < 1.29 is 19.1 Å². The van der Waals surface area contributed by atoms with Crippen LogP contribution in [0.3, 0.4) is 0 Å². The Kier molecular flexibility index (Phi) is 7.01. The summed E-state index contributed by atoms with van der Waals surface area (Å²) in [5.74, 6) is -0.971. The van der Waals surface area contributed by atoms with Crippen molar-refractivity contribution in [1.82, 2.24) is 4.98 Å². The molecule has 32 heavy (non-hydrogen) atoms. The molecule has 1 heterocycles. The molecule has 7 heteroatoms. The highest BCUT2D eigenvalue weighted by Gasteiger charge is 2.46. The Morgan fingerprint density at radius 3 is 2.34 bits per heavy atom. The monoisotopic (exact) mass is 473 g/mol. The van der Waals surface area contributed by atoms with Crippen molar-refractivity contribution >= 4 is 35.1 Å². The van der Waals surface area contributed by atoms with Crippen molar-refractivity contribution in [3.63, 3.8) is 0 Å². The van der Waals surface area contributed by atoms with Gasteiger partial charge in [0.05, 0.1) is 12.7 Å². The lowest BCUT2D eigenvalue weighted by atomic mass is 9.72. The fourth-order valence-electron chi connectivity index (χ4n) is 3.59. The van der Waals surface area contributed by atoms with Gasteiger partial charge in [0.2, 0.25) is 0 Å². The summed E-state index contributed by atoms with van der Waals surface area (Å²) in [6.07, 6.45) is 1.92. The highest BCUT2D eigenvalue weighted by atomic mass is 35.5. The van der Waals surface area contributed by atoms with Gasteiger partial charge in [-0.05, 0) is 74.7 Å². The van der Waals surface area contributed by atoms with E-state index in [1.807, 2.05) is 32.9 Å². The normalized spacial score (nSPS) is 13.3. The first-order chi connectivity index (χ1) is 15.1. The van der Waals surface area contributed by atoms with E-state index in [1.54, 1.807) is 48.7 Å². The molecule has 0 saturated heterocycles. The maximum Gasteiger partial charge on any atom is 0.337 e. The quantitative estimate of drug-likeness (QED) is 0.447. The van der Waals surface area contributed by atoms with Crippen LogP contribution in [0, 0.1) is 0 Å². The average Bonchev–Trinajstić information content (AvgIpc) is 3.26. The van der Waals surface area contributed by atoms with E-state index in [9.17, 15) is 9.59 Å². The number of halogens is 2. The molecule has 0 amide bonds. The zero-order valence-electron chi connectivity index (χ0n) is 18.4. The Morgan fingerprint density at radius 1 is 1.00 bits per heavy atom. The third-order valence-electron chi connectivity index (χ3n) is 5.05. The number of carbonyl (C=O) groups is 2. The van der Waals surface area contributed by atoms with Gasteiger partial charge in [-0.25, -0.2) is 4.79 Å². The Hall–Kier alpha value is -2.76. The second-order valence-corrected chi connectivity index (χ2v) is 9.32. The number of H-pyrrole nitrogens is 1. The van der Waals surface area contributed by atoms with Crippen LogP contribution in [0.15, 0.2) is 60.8 Å². The lowest BCUT2D eigenvalue weighted by Gasteiger charge is -2.35. The summed E-state index contributed by atoms with van der Waals surface area (Å²) < 4.78 is 10.8. The lowest BCUT2D eigenvalue weighted by Crippen LogP contribution is -2.44. The second kappa shape index (κ2) is 9.39. The van der Waals surface area contributed by atoms with Gasteiger partial charge in [-0.1, -0.05) is 41.4 Å². The summed E-state index contributed by atoms with van der Waals surface area (Å²) in [5.41, 5.74) is 0.173. The number of hydrogen-bond acceptors (Lipinski definition) is 4. The molecular weight excluding hydrogens is 449 g/mol. The maximum atomic E-state index is 13.9. The average molecular weight is 474 g/mol. The van der Waals surface area contributed by atoms with E-state index >= 15 is 0 Å². The van der Waals surface area contributed by atoms with Gasteiger partial charge in [0.25, 0.3) is 0 Å². The summed E-state index contributed by atoms with van der Waals surface area (Å²) in [4.78, 5) is 29.3. The van der Waals surface area contributed by atoms with Gasteiger partial charge in [-0.15, -0.1) is 0 Å². The number of hydrogen-bond donors (Lipinski definition) is 1. The van der Waals surface area contributed by atoms with Gasteiger partial charge in [0, 0.05) is 21.9 Å². The fraction of sp³-hybridized carbons (Fsp3) is 0.280. The summed E-state index contributed by atoms with van der Waals surface area (Å²) in [7, 11) is 1.31. The third kappa shape index (κ3) is 5.00. The summed E-state index contributed by atoms with van der Waals surface area (Å²) in [6, 6.07) is 15.6. The van der Waals surface area contributed by atoms with Gasteiger partial charge in [-0.3, -0.25) is 4.79 Å². The number of carbonyl (C=O) groups excluding carboxylic acids is 2. The minimum Gasteiger partial charge on any atom is -0.465 e. The number of benzene rings is 2. The molecule has 3 aromatic rings. The molecule has 0 radical (unpaired) electrons. The zero-order chi connectivity index (χ0) is 23.5. The van der Waals surface area contributed by atoms with Gasteiger partial charge >= 0.3 is 11.9 Å². The van der Waals surface area contributed by atoms with Gasteiger partial charge < -0.3 is 14.5 Å². The third-order valence-corrected chi connectivity index (χ3v) is 5.64. The number of esters is 2. The molecular formula is C25H25Cl2NO4.